The Hall–Kier alpha value is -0.0162. The van der Waals surface area contributed by atoms with Crippen LogP contribution in [0.5, 0.6) is 0 Å². The van der Waals surface area contributed by atoms with E-state index in [1.54, 1.807) is 11.8 Å². The molecule has 0 saturated carbocycles. The third-order valence-corrected chi connectivity index (χ3v) is 10.9. The summed E-state index contributed by atoms with van der Waals surface area (Å²) in [5.74, 6) is 0. The molecule has 0 aliphatic rings. The molecule has 0 bridgehead atoms. The smallest absolute Gasteiger partial charge is 0.311 e. The van der Waals surface area contributed by atoms with Crippen LogP contribution >= 0.6 is 78.2 Å². The molecule has 0 heterocycles. The van der Waals surface area contributed by atoms with Crippen molar-refractivity contribution in [3.8, 4) is 0 Å². The number of hydrogen-bond acceptors (Lipinski definition) is 2. The van der Waals surface area contributed by atoms with Crippen LogP contribution in [0, 0.1) is 0 Å². The topological polar surface area (TPSA) is 3.24 Å². The normalized spacial score (nSPS) is 12.1. The molecule has 10 heteroatoms. The Morgan fingerprint density at radius 3 is 1.14 bits per heavy atom. The average Bonchev–Trinajstić information content (AvgIpc) is 2.68. The minimum Gasteiger partial charge on any atom is -0.311 e. The van der Waals surface area contributed by atoms with Gasteiger partial charge in [-0.15, -0.1) is 78.2 Å². The number of anilines is 3. The maximum absolute atomic E-state index is 6.14. The van der Waals surface area contributed by atoms with Crippen molar-refractivity contribution in [1.82, 2.24) is 0 Å². The van der Waals surface area contributed by atoms with Gasteiger partial charge >= 0.3 is 12.0 Å². The molecular formula is C19H15Cl6NSSi2. The van der Waals surface area contributed by atoms with Crippen LogP contribution in [0.3, 0.4) is 0 Å². The van der Waals surface area contributed by atoms with E-state index >= 15 is 0 Å². The molecule has 0 aliphatic heterocycles. The Balaban J connectivity index is 2.06. The fourth-order valence-electron chi connectivity index (χ4n) is 2.78. The molecule has 3 aromatic rings. The lowest BCUT2D eigenvalue weighted by molar-refractivity contribution is 1.27. The molecule has 0 spiro atoms. The van der Waals surface area contributed by atoms with Crippen LogP contribution in [0.1, 0.15) is 0 Å². The third kappa shape index (κ3) is 6.03. The third-order valence-electron chi connectivity index (χ3n) is 4.24. The Bertz CT molecular complexity index is 897. The van der Waals surface area contributed by atoms with E-state index in [0.29, 0.717) is 0 Å². The zero-order chi connectivity index (χ0) is 21.2. The van der Waals surface area contributed by atoms with Gasteiger partial charge in [0.1, 0.15) is 0 Å². The fraction of sp³-hybridized carbons (Fsp3) is 0.0526. The van der Waals surface area contributed by atoms with Crippen molar-refractivity contribution >= 4 is 118 Å². The van der Waals surface area contributed by atoms with Crippen LogP contribution in [-0.2, 0) is 0 Å². The van der Waals surface area contributed by atoms with Gasteiger partial charge in [0, 0.05) is 22.0 Å². The first kappa shape index (κ1) is 23.6. The highest BCUT2D eigenvalue weighted by Gasteiger charge is 2.29. The zero-order valence-corrected chi connectivity index (χ0v) is 22.4. The number of rotatable bonds is 6. The maximum Gasteiger partial charge on any atom is 0.372 e. The molecule has 3 aromatic carbocycles. The van der Waals surface area contributed by atoms with Crippen molar-refractivity contribution in [1.29, 1.82) is 0 Å². The van der Waals surface area contributed by atoms with E-state index in [2.05, 4.69) is 29.2 Å². The molecule has 0 N–H and O–H groups in total. The lowest BCUT2D eigenvalue weighted by Crippen LogP contribution is -2.30. The van der Waals surface area contributed by atoms with Crippen LogP contribution in [-0.4, -0.2) is 18.3 Å². The molecule has 0 atom stereocenters. The van der Waals surface area contributed by atoms with E-state index in [9.17, 15) is 0 Å². The van der Waals surface area contributed by atoms with E-state index in [4.69, 9.17) is 66.5 Å². The summed E-state index contributed by atoms with van der Waals surface area (Å²) < 4.78 is 0. The first-order valence-corrected chi connectivity index (χ1v) is 19.7. The van der Waals surface area contributed by atoms with Crippen LogP contribution in [0.2, 0.25) is 0 Å². The predicted molar refractivity (Wildman–Crippen MR) is 139 cm³/mol. The number of thioether (sulfide) groups is 1. The van der Waals surface area contributed by atoms with Crippen molar-refractivity contribution < 1.29 is 0 Å². The minimum absolute atomic E-state index is 0.737. The summed E-state index contributed by atoms with van der Waals surface area (Å²) in [5, 5.41) is 1.47. The highest BCUT2D eigenvalue weighted by molar-refractivity contribution is 7.98. The van der Waals surface area contributed by atoms with Crippen LogP contribution in [0.4, 0.5) is 17.1 Å². The second-order valence-corrected chi connectivity index (χ2v) is 23.8. The van der Waals surface area contributed by atoms with Gasteiger partial charge in [0.15, 0.2) is 0 Å². The molecule has 152 valence electrons. The molecule has 0 radical (unpaired) electrons. The predicted octanol–water partition coefficient (Wildman–Crippen LogP) is 7.60. The molecule has 3 rings (SSSR count). The maximum atomic E-state index is 6.14. The molecule has 0 fully saturated rings. The Morgan fingerprint density at radius 1 is 0.552 bits per heavy atom. The Morgan fingerprint density at radius 2 is 0.862 bits per heavy atom. The van der Waals surface area contributed by atoms with E-state index in [1.807, 2.05) is 54.8 Å². The van der Waals surface area contributed by atoms with Gasteiger partial charge in [-0.3, -0.25) is 0 Å². The largest absolute Gasteiger partial charge is 0.372 e. The highest BCUT2D eigenvalue weighted by atomic mass is 35.8. The quantitative estimate of drug-likeness (QED) is 0.174. The molecular weight excluding hydrogens is 543 g/mol. The average molecular weight is 558 g/mol. The van der Waals surface area contributed by atoms with Crippen LogP contribution in [0.25, 0.3) is 0 Å². The zero-order valence-electron chi connectivity index (χ0n) is 15.1. The van der Waals surface area contributed by atoms with Gasteiger partial charge in [-0.1, -0.05) is 24.3 Å². The molecule has 0 unspecified atom stereocenters. The molecule has 0 amide bonds. The molecule has 1 nitrogen and oxygen atoms in total. The summed E-state index contributed by atoms with van der Waals surface area (Å²) in [6.45, 7) is 0. The molecule has 0 aliphatic carbocycles. The second-order valence-electron chi connectivity index (χ2n) is 6.12. The Labute approximate surface area is 205 Å². The van der Waals surface area contributed by atoms with Gasteiger partial charge in [0.05, 0.1) is 0 Å². The first-order valence-electron chi connectivity index (χ1n) is 8.38. The second kappa shape index (κ2) is 9.64. The number of nitrogens with zero attached hydrogens (tertiary/aromatic N) is 1. The van der Waals surface area contributed by atoms with Gasteiger partial charge in [-0.25, -0.2) is 0 Å². The summed E-state index contributed by atoms with van der Waals surface area (Å²) in [6.07, 6.45) is 2.05. The van der Waals surface area contributed by atoms with Gasteiger partial charge in [-0.2, -0.15) is 0 Å². The van der Waals surface area contributed by atoms with Crippen molar-refractivity contribution in [2.75, 3.05) is 11.2 Å². The summed E-state index contributed by atoms with van der Waals surface area (Å²) in [6, 6.07) is 17.7. The van der Waals surface area contributed by atoms with Crippen molar-refractivity contribution in [2.24, 2.45) is 0 Å². The van der Waals surface area contributed by atoms with E-state index in [-0.39, 0.29) is 0 Å². The summed E-state index contributed by atoms with van der Waals surface area (Å²) in [7, 11) is 0. The van der Waals surface area contributed by atoms with Crippen LogP contribution in [0.15, 0.2) is 77.7 Å². The van der Waals surface area contributed by atoms with E-state index in [0.717, 1.165) is 27.4 Å². The minimum atomic E-state index is -2.93. The number of benzene rings is 3. The highest BCUT2D eigenvalue weighted by Crippen LogP contribution is 2.35. The van der Waals surface area contributed by atoms with Gasteiger partial charge in [-0.05, 0) is 65.2 Å². The van der Waals surface area contributed by atoms with Crippen molar-refractivity contribution in [3.05, 3.63) is 72.8 Å². The summed E-state index contributed by atoms with van der Waals surface area (Å²) in [5.41, 5.74) is 2.88. The fourth-order valence-corrected chi connectivity index (χ4v) is 6.54. The van der Waals surface area contributed by atoms with Crippen molar-refractivity contribution in [3.63, 3.8) is 0 Å². The SMILES string of the molecule is CSc1ccc(N(c2ccc([Si](Cl)(Cl)Cl)cc2)c2ccc([Si](Cl)(Cl)Cl)cc2)cc1. The molecule has 0 aromatic heterocycles. The lowest BCUT2D eigenvalue weighted by atomic mass is 10.2. The van der Waals surface area contributed by atoms with Gasteiger partial charge in [0.25, 0.3) is 0 Å². The van der Waals surface area contributed by atoms with E-state index < -0.39 is 12.0 Å². The summed E-state index contributed by atoms with van der Waals surface area (Å²) in [4.78, 5) is 3.29. The Kier molecular flexibility index (Phi) is 7.86. The lowest BCUT2D eigenvalue weighted by Gasteiger charge is -2.26. The van der Waals surface area contributed by atoms with Crippen molar-refractivity contribution in [2.45, 2.75) is 4.90 Å². The first-order chi connectivity index (χ1) is 13.6. The summed E-state index contributed by atoms with van der Waals surface area (Å²) >= 11 is 38.5. The number of halogens is 6. The molecule has 0 saturated heterocycles. The standard InChI is InChI=1S/C19H15Cl6NSSi2/c1-27-17-8-2-14(3-9-17)26(15-4-10-18(11-5-15)28(20,21)22)16-6-12-19(13-7-16)29(23,24)25/h2-13H,1H3. The monoisotopic (exact) mass is 555 g/mol. The molecule has 29 heavy (non-hydrogen) atoms. The van der Waals surface area contributed by atoms with Crippen LogP contribution < -0.4 is 15.3 Å². The van der Waals surface area contributed by atoms with Gasteiger partial charge in [0.2, 0.25) is 0 Å². The van der Waals surface area contributed by atoms with E-state index in [1.165, 1.54) is 4.90 Å². The van der Waals surface area contributed by atoms with Gasteiger partial charge < -0.3 is 4.90 Å². The number of hydrogen-bond donors (Lipinski definition) is 0.